The zero-order chi connectivity index (χ0) is 14.2. The number of benzene rings is 2. The Kier molecular flexibility index (Phi) is 5.44. The summed E-state index contributed by atoms with van der Waals surface area (Å²) < 4.78 is 10.5. The summed E-state index contributed by atoms with van der Waals surface area (Å²) in [6.07, 6.45) is 1.04. The van der Waals surface area contributed by atoms with Gasteiger partial charge in [0.1, 0.15) is 0 Å². The van der Waals surface area contributed by atoms with Crippen LogP contribution in [0, 0.1) is 0 Å². The van der Waals surface area contributed by atoms with E-state index in [9.17, 15) is 0 Å². The second-order valence-electron chi connectivity index (χ2n) is 4.60. The Balaban J connectivity index is 1.82. The molecule has 2 aromatic carbocycles. The van der Waals surface area contributed by atoms with Crippen LogP contribution in [0.3, 0.4) is 0 Å². The average molecular weight is 271 g/mol. The fourth-order valence-corrected chi connectivity index (χ4v) is 2.10. The quantitative estimate of drug-likeness (QED) is 0.785. The molecule has 2 aromatic rings. The standard InChI is InChI=1S/C17H21NO2/c1-19-16-9-8-15(12-17(16)20-2)13-18-11-10-14-6-4-3-5-7-14/h3-9,12,18H,10-11,13H2,1-2H3. The Morgan fingerprint density at radius 3 is 2.30 bits per heavy atom. The van der Waals surface area contributed by atoms with Gasteiger partial charge in [-0.25, -0.2) is 0 Å². The topological polar surface area (TPSA) is 30.5 Å². The van der Waals surface area contributed by atoms with Gasteiger partial charge < -0.3 is 14.8 Å². The lowest BCUT2D eigenvalue weighted by molar-refractivity contribution is 0.354. The first-order valence-corrected chi connectivity index (χ1v) is 6.79. The van der Waals surface area contributed by atoms with E-state index in [0.717, 1.165) is 31.0 Å². The van der Waals surface area contributed by atoms with Gasteiger partial charge in [0.15, 0.2) is 11.5 Å². The van der Waals surface area contributed by atoms with Crippen LogP contribution in [0.25, 0.3) is 0 Å². The van der Waals surface area contributed by atoms with Crippen molar-refractivity contribution in [2.45, 2.75) is 13.0 Å². The van der Waals surface area contributed by atoms with Crippen molar-refractivity contribution in [2.75, 3.05) is 20.8 Å². The Morgan fingerprint density at radius 2 is 1.60 bits per heavy atom. The molecule has 0 heterocycles. The molecule has 1 N–H and O–H groups in total. The minimum atomic E-state index is 0.764. The number of rotatable bonds is 7. The van der Waals surface area contributed by atoms with E-state index in [2.05, 4.69) is 35.6 Å². The van der Waals surface area contributed by atoms with Crippen molar-refractivity contribution >= 4 is 0 Å². The molecule has 0 atom stereocenters. The lowest BCUT2D eigenvalue weighted by atomic mass is 10.1. The molecule has 2 rings (SSSR count). The van der Waals surface area contributed by atoms with Gasteiger partial charge in [-0.15, -0.1) is 0 Å². The Bertz CT molecular complexity index is 526. The molecule has 0 saturated carbocycles. The fourth-order valence-electron chi connectivity index (χ4n) is 2.10. The van der Waals surface area contributed by atoms with Gasteiger partial charge in [0.05, 0.1) is 14.2 Å². The molecular weight excluding hydrogens is 250 g/mol. The van der Waals surface area contributed by atoms with Crippen molar-refractivity contribution in [1.29, 1.82) is 0 Å². The molecule has 0 fully saturated rings. The van der Waals surface area contributed by atoms with Crippen LogP contribution in [-0.4, -0.2) is 20.8 Å². The second-order valence-corrected chi connectivity index (χ2v) is 4.60. The molecule has 0 unspecified atom stereocenters. The third-order valence-electron chi connectivity index (χ3n) is 3.21. The van der Waals surface area contributed by atoms with Crippen LogP contribution in [-0.2, 0) is 13.0 Å². The van der Waals surface area contributed by atoms with Gasteiger partial charge in [0.25, 0.3) is 0 Å². The van der Waals surface area contributed by atoms with Crippen molar-refractivity contribution in [3.8, 4) is 11.5 Å². The van der Waals surface area contributed by atoms with E-state index in [0.29, 0.717) is 0 Å². The zero-order valence-electron chi connectivity index (χ0n) is 12.1. The van der Waals surface area contributed by atoms with E-state index in [1.807, 2.05) is 18.2 Å². The predicted molar refractivity (Wildman–Crippen MR) is 81.4 cm³/mol. The summed E-state index contributed by atoms with van der Waals surface area (Å²) in [5.41, 5.74) is 2.54. The monoisotopic (exact) mass is 271 g/mol. The molecule has 0 radical (unpaired) electrons. The molecule has 3 nitrogen and oxygen atoms in total. The van der Waals surface area contributed by atoms with E-state index < -0.39 is 0 Å². The number of nitrogens with one attached hydrogen (secondary N) is 1. The molecule has 0 aliphatic rings. The number of methoxy groups -OCH3 is 2. The van der Waals surface area contributed by atoms with Crippen LogP contribution in [0.5, 0.6) is 11.5 Å². The van der Waals surface area contributed by atoms with Gasteiger partial charge in [0.2, 0.25) is 0 Å². The normalized spacial score (nSPS) is 10.3. The van der Waals surface area contributed by atoms with Gasteiger partial charge in [-0.3, -0.25) is 0 Å². The van der Waals surface area contributed by atoms with E-state index >= 15 is 0 Å². The third-order valence-corrected chi connectivity index (χ3v) is 3.21. The summed E-state index contributed by atoms with van der Waals surface area (Å²) in [5.74, 6) is 1.54. The molecule has 0 bridgehead atoms. The zero-order valence-corrected chi connectivity index (χ0v) is 12.1. The van der Waals surface area contributed by atoms with Gasteiger partial charge in [-0.1, -0.05) is 36.4 Å². The molecular formula is C17H21NO2. The second kappa shape index (κ2) is 7.56. The van der Waals surface area contributed by atoms with Crippen LogP contribution in [0.15, 0.2) is 48.5 Å². The molecule has 106 valence electrons. The number of hydrogen-bond donors (Lipinski definition) is 1. The highest BCUT2D eigenvalue weighted by molar-refractivity contribution is 5.42. The molecule has 0 saturated heterocycles. The summed E-state index contributed by atoms with van der Waals surface area (Å²) in [4.78, 5) is 0. The summed E-state index contributed by atoms with van der Waals surface area (Å²) >= 11 is 0. The van der Waals surface area contributed by atoms with E-state index in [-0.39, 0.29) is 0 Å². The molecule has 0 aliphatic carbocycles. The van der Waals surface area contributed by atoms with E-state index in [1.165, 1.54) is 11.1 Å². The van der Waals surface area contributed by atoms with Crippen molar-refractivity contribution in [2.24, 2.45) is 0 Å². The summed E-state index contributed by atoms with van der Waals surface area (Å²) in [5, 5.41) is 3.44. The van der Waals surface area contributed by atoms with Crippen LogP contribution in [0.1, 0.15) is 11.1 Å². The van der Waals surface area contributed by atoms with Crippen molar-refractivity contribution in [3.63, 3.8) is 0 Å². The predicted octanol–water partition coefficient (Wildman–Crippen LogP) is 3.04. The first-order chi connectivity index (χ1) is 9.83. The summed E-state index contributed by atoms with van der Waals surface area (Å²) in [7, 11) is 3.31. The molecule has 0 spiro atoms. The Morgan fingerprint density at radius 1 is 0.850 bits per heavy atom. The molecule has 0 aliphatic heterocycles. The Hall–Kier alpha value is -2.00. The van der Waals surface area contributed by atoms with Crippen LogP contribution in [0.2, 0.25) is 0 Å². The van der Waals surface area contributed by atoms with Crippen LogP contribution in [0.4, 0.5) is 0 Å². The van der Waals surface area contributed by atoms with Crippen molar-refractivity contribution < 1.29 is 9.47 Å². The molecule has 3 heteroatoms. The highest BCUT2D eigenvalue weighted by Gasteiger charge is 2.04. The number of hydrogen-bond acceptors (Lipinski definition) is 3. The molecule has 0 aromatic heterocycles. The number of ether oxygens (including phenoxy) is 2. The minimum absolute atomic E-state index is 0.764. The van der Waals surface area contributed by atoms with Crippen LogP contribution < -0.4 is 14.8 Å². The minimum Gasteiger partial charge on any atom is -0.493 e. The van der Waals surface area contributed by atoms with Crippen molar-refractivity contribution in [3.05, 3.63) is 59.7 Å². The highest BCUT2D eigenvalue weighted by atomic mass is 16.5. The maximum absolute atomic E-state index is 5.30. The lowest BCUT2D eigenvalue weighted by Crippen LogP contribution is -2.16. The highest BCUT2D eigenvalue weighted by Crippen LogP contribution is 2.27. The SMILES string of the molecule is COc1ccc(CNCCc2ccccc2)cc1OC. The third kappa shape index (κ3) is 4.00. The lowest BCUT2D eigenvalue weighted by Gasteiger charge is -2.10. The van der Waals surface area contributed by atoms with Crippen molar-refractivity contribution in [1.82, 2.24) is 5.32 Å². The van der Waals surface area contributed by atoms with Crippen LogP contribution >= 0.6 is 0 Å². The first-order valence-electron chi connectivity index (χ1n) is 6.79. The fraction of sp³-hybridized carbons (Fsp3) is 0.294. The summed E-state index contributed by atoms with van der Waals surface area (Å²) in [6, 6.07) is 16.5. The average Bonchev–Trinajstić information content (AvgIpc) is 2.52. The smallest absolute Gasteiger partial charge is 0.161 e. The van der Waals surface area contributed by atoms with Gasteiger partial charge in [0, 0.05) is 6.54 Å². The molecule has 20 heavy (non-hydrogen) atoms. The maximum atomic E-state index is 5.30. The van der Waals surface area contributed by atoms with Gasteiger partial charge in [-0.05, 0) is 36.2 Å². The van der Waals surface area contributed by atoms with Gasteiger partial charge in [-0.2, -0.15) is 0 Å². The van der Waals surface area contributed by atoms with Gasteiger partial charge >= 0.3 is 0 Å². The van der Waals surface area contributed by atoms with E-state index in [1.54, 1.807) is 14.2 Å². The maximum Gasteiger partial charge on any atom is 0.161 e. The first kappa shape index (κ1) is 14.4. The van der Waals surface area contributed by atoms with E-state index in [4.69, 9.17) is 9.47 Å². The molecule has 0 amide bonds. The Labute approximate surface area is 120 Å². The largest absolute Gasteiger partial charge is 0.493 e. The summed E-state index contributed by atoms with van der Waals surface area (Å²) in [6.45, 7) is 1.78.